The Hall–Kier alpha value is -1.91. The van der Waals surface area contributed by atoms with Gasteiger partial charge in [-0.15, -0.1) is 0 Å². The molecule has 0 spiro atoms. The summed E-state index contributed by atoms with van der Waals surface area (Å²) >= 11 is 0. The zero-order valence-corrected chi connectivity index (χ0v) is 11.1. The van der Waals surface area contributed by atoms with Gasteiger partial charge in [-0.2, -0.15) is 9.97 Å². The number of nitrogens with zero attached hydrogens (tertiary/aromatic N) is 3. The van der Waals surface area contributed by atoms with E-state index in [0.29, 0.717) is 17.4 Å². The number of hydrogen-bond donors (Lipinski definition) is 2. The van der Waals surface area contributed by atoms with Gasteiger partial charge in [0.05, 0.1) is 5.39 Å². The lowest BCUT2D eigenvalue weighted by Gasteiger charge is -2.15. The van der Waals surface area contributed by atoms with Gasteiger partial charge in [0.1, 0.15) is 5.82 Å². The molecule has 5 nitrogen and oxygen atoms in total. The molecular weight excluding hydrogens is 226 g/mol. The molecule has 0 aliphatic heterocycles. The normalized spacial score (nSPS) is 12.8. The number of aromatic nitrogens is 3. The molecule has 0 aliphatic carbocycles. The molecule has 0 aliphatic rings. The Morgan fingerprint density at radius 3 is 2.67 bits per heavy atom. The Morgan fingerprint density at radius 1 is 1.28 bits per heavy atom. The molecule has 4 N–H and O–H groups in total. The van der Waals surface area contributed by atoms with Crippen molar-refractivity contribution in [3.05, 3.63) is 17.3 Å². The fraction of sp³-hybridized carbons (Fsp3) is 0.462. The van der Waals surface area contributed by atoms with Crippen molar-refractivity contribution in [3.63, 3.8) is 0 Å². The summed E-state index contributed by atoms with van der Waals surface area (Å²) in [6, 6.07) is 0. The van der Waals surface area contributed by atoms with Crippen LogP contribution in [0.3, 0.4) is 0 Å². The molecule has 2 aromatic heterocycles. The summed E-state index contributed by atoms with van der Waals surface area (Å²) in [5.41, 5.74) is 14.4. The number of fused-ring (bicyclic) bond motifs is 1. The smallest absolute Gasteiger partial charge is 0.224 e. The molecular formula is C13H19N5. The summed E-state index contributed by atoms with van der Waals surface area (Å²) in [7, 11) is 0. The first-order valence-corrected chi connectivity index (χ1v) is 6.22. The van der Waals surface area contributed by atoms with Crippen molar-refractivity contribution >= 4 is 22.8 Å². The van der Waals surface area contributed by atoms with Crippen molar-refractivity contribution in [2.24, 2.45) is 0 Å². The van der Waals surface area contributed by atoms with Crippen molar-refractivity contribution in [3.8, 4) is 0 Å². The standard InChI is InChI=1S/C13H19N5/c1-4-5-7(2)9-6-16-12-10(8(9)3)11(14)17-13(15)18-12/h6-7H,4-5H2,1-3H3,(H4,14,15,16,17,18)/t7-/m1/s1. The molecule has 0 fully saturated rings. The van der Waals surface area contributed by atoms with Crippen LogP contribution in [0, 0.1) is 6.92 Å². The summed E-state index contributed by atoms with van der Waals surface area (Å²) < 4.78 is 0. The molecule has 0 radical (unpaired) electrons. The Labute approximate surface area is 107 Å². The van der Waals surface area contributed by atoms with E-state index >= 15 is 0 Å². The molecule has 0 saturated heterocycles. The van der Waals surface area contributed by atoms with Gasteiger partial charge in [-0.1, -0.05) is 20.3 Å². The monoisotopic (exact) mass is 245 g/mol. The van der Waals surface area contributed by atoms with Crippen LogP contribution in [0.2, 0.25) is 0 Å². The third-order valence-electron chi connectivity index (χ3n) is 3.32. The number of pyridine rings is 1. The number of nitrogens with two attached hydrogens (primary N) is 2. The minimum absolute atomic E-state index is 0.168. The van der Waals surface area contributed by atoms with Crippen LogP contribution in [0.15, 0.2) is 6.20 Å². The molecule has 1 atom stereocenters. The minimum atomic E-state index is 0.168. The number of rotatable bonds is 3. The lowest BCUT2D eigenvalue weighted by molar-refractivity contribution is 0.660. The van der Waals surface area contributed by atoms with Crippen LogP contribution in [0.5, 0.6) is 0 Å². The maximum absolute atomic E-state index is 5.93. The van der Waals surface area contributed by atoms with Crippen LogP contribution in [0.4, 0.5) is 11.8 Å². The third kappa shape index (κ3) is 2.08. The quantitative estimate of drug-likeness (QED) is 0.866. The van der Waals surface area contributed by atoms with Gasteiger partial charge in [0, 0.05) is 6.20 Å². The summed E-state index contributed by atoms with van der Waals surface area (Å²) in [6.45, 7) is 6.42. The van der Waals surface area contributed by atoms with E-state index < -0.39 is 0 Å². The highest BCUT2D eigenvalue weighted by molar-refractivity contribution is 5.90. The first kappa shape index (κ1) is 12.5. The van der Waals surface area contributed by atoms with Gasteiger partial charge in [0.25, 0.3) is 0 Å². The molecule has 18 heavy (non-hydrogen) atoms. The van der Waals surface area contributed by atoms with E-state index in [1.807, 2.05) is 13.1 Å². The second kappa shape index (κ2) is 4.76. The lowest BCUT2D eigenvalue weighted by Crippen LogP contribution is -2.05. The topological polar surface area (TPSA) is 90.7 Å². The largest absolute Gasteiger partial charge is 0.383 e. The predicted molar refractivity (Wildman–Crippen MR) is 74.2 cm³/mol. The van der Waals surface area contributed by atoms with Crippen LogP contribution >= 0.6 is 0 Å². The molecule has 2 rings (SSSR count). The average molecular weight is 245 g/mol. The number of nitrogen functional groups attached to an aromatic ring is 2. The van der Waals surface area contributed by atoms with E-state index in [1.54, 1.807) is 0 Å². The second-order valence-electron chi connectivity index (χ2n) is 4.69. The molecule has 0 bridgehead atoms. The number of hydrogen-bond acceptors (Lipinski definition) is 5. The Morgan fingerprint density at radius 2 is 2.00 bits per heavy atom. The van der Waals surface area contributed by atoms with Gasteiger partial charge in [-0.05, 0) is 30.4 Å². The highest BCUT2D eigenvalue weighted by Gasteiger charge is 2.14. The maximum atomic E-state index is 5.93. The van der Waals surface area contributed by atoms with E-state index in [4.69, 9.17) is 11.5 Å². The Bertz CT molecular complexity index is 579. The first-order chi connectivity index (χ1) is 8.54. The first-order valence-electron chi connectivity index (χ1n) is 6.22. The fourth-order valence-electron chi connectivity index (χ4n) is 2.39. The summed E-state index contributed by atoms with van der Waals surface area (Å²) in [4.78, 5) is 12.5. The molecule has 0 unspecified atom stereocenters. The van der Waals surface area contributed by atoms with E-state index in [0.717, 1.165) is 23.8 Å². The second-order valence-corrected chi connectivity index (χ2v) is 4.69. The molecule has 5 heteroatoms. The Kier molecular flexibility index (Phi) is 3.32. The number of anilines is 2. The summed E-state index contributed by atoms with van der Waals surface area (Å²) in [6.07, 6.45) is 4.15. The van der Waals surface area contributed by atoms with Gasteiger partial charge in [0.15, 0.2) is 5.65 Å². The van der Waals surface area contributed by atoms with Gasteiger partial charge in [-0.25, -0.2) is 4.98 Å². The molecule has 0 amide bonds. The summed E-state index contributed by atoms with van der Waals surface area (Å²) in [5, 5.41) is 0.824. The lowest BCUT2D eigenvalue weighted by atomic mass is 9.93. The van der Waals surface area contributed by atoms with Crippen molar-refractivity contribution in [2.75, 3.05) is 11.5 Å². The Balaban J connectivity index is 2.63. The van der Waals surface area contributed by atoms with Crippen molar-refractivity contribution in [2.45, 2.75) is 39.5 Å². The predicted octanol–water partition coefficient (Wildman–Crippen LogP) is 2.40. The van der Waals surface area contributed by atoms with Gasteiger partial charge < -0.3 is 11.5 Å². The molecule has 0 saturated carbocycles. The highest BCUT2D eigenvalue weighted by atomic mass is 15.1. The molecule has 0 aromatic carbocycles. The summed E-state index contributed by atoms with van der Waals surface area (Å²) in [5.74, 6) is 1.04. The highest BCUT2D eigenvalue weighted by Crippen LogP contribution is 2.29. The molecule has 2 aromatic rings. The zero-order valence-electron chi connectivity index (χ0n) is 11.1. The van der Waals surface area contributed by atoms with E-state index in [-0.39, 0.29) is 5.95 Å². The van der Waals surface area contributed by atoms with Gasteiger partial charge >= 0.3 is 0 Å². The van der Waals surface area contributed by atoms with Crippen LogP contribution in [0.1, 0.15) is 43.7 Å². The number of aryl methyl sites for hydroxylation is 1. The minimum Gasteiger partial charge on any atom is -0.383 e. The SMILES string of the molecule is CCC[C@@H](C)c1cnc2nc(N)nc(N)c2c1C. The molecule has 2 heterocycles. The van der Waals surface area contributed by atoms with Gasteiger partial charge in [-0.3, -0.25) is 0 Å². The van der Waals surface area contributed by atoms with Crippen LogP contribution in [0.25, 0.3) is 11.0 Å². The zero-order chi connectivity index (χ0) is 13.3. The molecule has 96 valence electrons. The average Bonchev–Trinajstić information content (AvgIpc) is 2.28. The maximum Gasteiger partial charge on any atom is 0.224 e. The van der Waals surface area contributed by atoms with Crippen LogP contribution in [-0.2, 0) is 0 Å². The third-order valence-corrected chi connectivity index (χ3v) is 3.32. The van der Waals surface area contributed by atoms with E-state index in [2.05, 4.69) is 28.8 Å². The van der Waals surface area contributed by atoms with Crippen molar-refractivity contribution in [1.82, 2.24) is 15.0 Å². The van der Waals surface area contributed by atoms with Crippen molar-refractivity contribution in [1.29, 1.82) is 0 Å². The van der Waals surface area contributed by atoms with Crippen LogP contribution < -0.4 is 11.5 Å². The van der Waals surface area contributed by atoms with Crippen molar-refractivity contribution < 1.29 is 0 Å². The van der Waals surface area contributed by atoms with E-state index in [1.165, 1.54) is 5.56 Å². The van der Waals surface area contributed by atoms with Crippen LogP contribution in [-0.4, -0.2) is 15.0 Å². The van der Waals surface area contributed by atoms with E-state index in [9.17, 15) is 0 Å². The van der Waals surface area contributed by atoms with Gasteiger partial charge in [0.2, 0.25) is 5.95 Å². The fourth-order valence-corrected chi connectivity index (χ4v) is 2.39.